The standard InChI is InChI=1S/C31H22N2O.C15H11BrN2O/c1-2-30-32-26-8-5-9-28-31(26)33(30)27-17-16-25(19-29(27)34-28)22-12-10-21(11-13-22)24-15-14-20-6-3-4-7-23(20)18-24;1-2-14-17-10-4-3-5-12-15(10)18(14)11-7-6-9(16)8-13(11)19-12/h3-19H,2H2,1H3;3-8H,2H2,1H3. The van der Waals surface area contributed by atoms with Gasteiger partial charge in [0.2, 0.25) is 0 Å². The van der Waals surface area contributed by atoms with Gasteiger partial charge in [-0.25, -0.2) is 9.97 Å². The summed E-state index contributed by atoms with van der Waals surface area (Å²) in [5.74, 6) is 5.58. The minimum Gasteiger partial charge on any atom is -0.453 e. The van der Waals surface area contributed by atoms with Gasteiger partial charge in [-0.2, -0.15) is 0 Å². The third kappa shape index (κ3) is 5.22. The second-order valence-electron chi connectivity index (χ2n) is 13.3. The maximum absolute atomic E-state index is 6.34. The average Bonchev–Trinajstić information content (AvgIpc) is 3.78. The van der Waals surface area contributed by atoms with E-state index in [0.29, 0.717) is 0 Å². The van der Waals surface area contributed by atoms with Crippen LogP contribution < -0.4 is 9.47 Å². The first-order valence-electron chi connectivity index (χ1n) is 18.0. The maximum atomic E-state index is 6.34. The monoisotopic (exact) mass is 752 g/mol. The number of fused-ring (bicyclic) bond motifs is 5. The fraction of sp³-hybridized carbons (Fsp3) is 0.0870. The van der Waals surface area contributed by atoms with Crippen LogP contribution in [0.5, 0.6) is 23.0 Å². The zero-order valence-corrected chi connectivity index (χ0v) is 30.8. The second-order valence-corrected chi connectivity index (χ2v) is 14.2. The third-order valence-corrected chi connectivity index (χ3v) is 10.6. The highest BCUT2D eigenvalue weighted by atomic mass is 79.9. The van der Waals surface area contributed by atoms with E-state index in [-0.39, 0.29) is 0 Å². The van der Waals surface area contributed by atoms with E-state index in [1.54, 1.807) is 0 Å². The number of rotatable bonds is 4. The van der Waals surface area contributed by atoms with Crippen molar-refractivity contribution >= 4 is 48.8 Å². The summed E-state index contributed by atoms with van der Waals surface area (Å²) in [6, 6.07) is 48.5. The lowest BCUT2D eigenvalue weighted by molar-refractivity contribution is 0.474. The van der Waals surface area contributed by atoms with Crippen LogP contribution in [0, 0.1) is 0 Å². The van der Waals surface area contributed by atoms with Crippen molar-refractivity contribution in [2.75, 3.05) is 0 Å². The molecule has 0 bridgehead atoms. The summed E-state index contributed by atoms with van der Waals surface area (Å²) in [5.41, 5.74) is 10.9. The van der Waals surface area contributed by atoms with Crippen molar-refractivity contribution in [3.8, 4) is 56.6 Å². The van der Waals surface area contributed by atoms with Crippen LogP contribution in [0.4, 0.5) is 0 Å². The van der Waals surface area contributed by atoms with E-state index in [1.165, 1.54) is 27.5 Å². The maximum Gasteiger partial charge on any atom is 0.153 e. The summed E-state index contributed by atoms with van der Waals surface area (Å²) in [7, 11) is 0. The van der Waals surface area contributed by atoms with Crippen LogP contribution >= 0.6 is 15.9 Å². The average molecular weight is 754 g/mol. The summed E-state index contributed by atoms with van der Waals surface area (Å²) >= 11 is 3.49. The van der Waals surface area contributed by atoms with Gasteiger partial charge in [0, 0.05) is 17.3 Å². The third-order valence-electron chi connectivity index (χ3n) is 10.2. The lowest BCUT2D eigenvalue weighted by Crippen LogP contribution is -2.07. The first-order valence-corrected chi connectivity index (χ1v) is 18.8. The number of halogens is 1. The number of aromatic nitrogens is 4. The first kappa shape index (κ1) is 31.5. The van der Waals surface area contributed by atoms with Crippen LogP contribution in [0.2, 0.25) is 0 Å². The number of hydrogen-bond acceptors (Lipinski definition) is 4. The fourth-order valence-electron chi connectivity index (χ4n) is 7.62. The van der Waals surface area contributed by atoms with Gasteiger partial charge in [0.15, 0.2) is 23.0 Å². The van der Waals surface area contributed by atoms with E-state index in [2.05, 4.69) is 130 Å². The molecule has 0 amide bonds. The molecule has 0 saturated carbocycles. The topological polar surface area (TPSA) is 54.1 Å². The Bertz CT molecular complexity index is 2890. The highest BCUT2D eigenvalue weighted by Gasteiger charge is 2.25. The van der Waals surface area contributed by atoms with Gasteiger partial charge >= 0.3 is 0 Å². The molecular formula is C46H33BrN4O2. The minimum absolute atomic E-state index is 0.862. The molecule has 2 aliphatic rings. The summed E-state index contributed by atoms with van der Waals surface area (Å²) < 4.78 is 17.8. The lowest BCUT2D eigenvalue weighted by atomic mass is 9.98. The molecule has 0 fully saturated rings. The molecule has 0 saturated heterocycles. The smallest absolute Gasteiger partial charge is 0.153 e. The van der Waals surface area contributed by atoms with Crippen LogP contribution in [0.1, 0.15) is 25.5 Å². The van der Waals surface area contributed by atoms with E-state index < -0.39 is 0 Å². The Labute approximate surface area is 315 Å². The number of ether oxygens (including phenoxy) is 2. The number of imidazole rings is 2. The van der Waals surface area contributed by atoms with Crippen LogP contribution in [0.15, 0.2) is 144 Å². The van der Waals surface area contributed by atoms with E-state index in [4.69, 9.17) is 19.4 Å². The molecule has 9 aromatic rings. The van der Waals surface area contributed by atoms with Crippen LogP contribution in [0.25, 0.3) is 66.5 Å². The normalized spacial score (nSPS) is 12.1. The van der Waals surface area contributed by atoms with E-state index in [0.717, 1.165) is 91.0 Å². The predicted molar refractivity (Wildman–Crippen MR) is 217 cm³/mol. The van der Waals surface area contributed by atoms with Crippen molar-refractivity contribution in [2.24, 2.45) is 0 Å². The largest absolute Gasteiger partial charge is 0.453 e. The van der Waals surface area contributed by atoms with E-state index in [9.17, 15) is 0 Å². The Kier molecular flexibility index (Phi) is 7.44. The van der Waals surface area contributed by atoms with Gasteiger partial charge in [-0.15, -0.1) is 0 Å². The zero-order chi connectivity index (χ0) is 35.6. The molecule has 7 heteroatoms. The number of aryl methyl sites for hydroxylation is 2. The fourth-order valence-corrected chi connectivity index (χ4v) is 7.96. The number of benzene rings is 7. The first-order chi connectivity index (χ1) is 26.1. The quantitative estimate of drug-likeness (QED) is 0.180. The molecule has 0 atom stereocenters. The molecule has 53 heavy (non-hydrogen) atoms. The molecule has 2 aliphatic heterocycles. The van der Waals surface area contributed by atoms with Crippen molar-refractivity contribution in [1.29, 1.82) is 0 Å². The van der Waals surface area contributed by atoms with Crippen molar-refractivity contribution in [3.05, 3.63) is 156 Å². The molecule has 0 unspecified atom stereocenters. The lowest BCUT2D eigenvalue weighted by Gasteiger charge is -2.21. The molecule has 11 rings (SSSR count). The predicted octanol–water partition coefficient (Wildman–Crippen LogP) is 12.6. The molecule has 6 nitrogen and oxygen atoms in total. The highest BCUT2D eigenvalue weighted by molar-refractivity contribution is 9.10. The molecule has 0 spiro atoms. The number of para-hydroxylation sites is 2. The summed E-state index contributed by atoms with van der Waals surface area (Å²) in [5, 5.41) is 2.52. The molecule has 2 aromatic heterocycles. The second kappa shape index (κ2) is 12.5. The van der Waals surface area contributed by atoms with Crippen LogP contribution in [0.3, 0.4) is 0 Å². The Hall–Kier alpha value is -6.18. The summed E-state index contributed by atoms with van der Waals surface area (Å²) in [4.78, 5) is 9.52. The highest BCUT2D eigenvalue weighted by Crippen LogP contribution is 2.44. The van der Waals surface area contributed by atoms with E-state index >= 15 is 0 Å². The molecule has 7 aromatic carbocycles. The van der Waals surface area contributed by atoms with Crippen molar-refractivity contribution in [3.63, 3.8) is 0 Å². The summed E-state index contributed by atoms with van der Waals surface area (Å²) in [6.45, 7) is 4.27. The van der Waals surface area contributed by atoms with Crippen molar-refractivity contribution in [1.82, 2.24) is 19.1 Å². The van der Waals surface area contributed by atoms with E-state index in [1.807, 2.05) is 48.5 Å². The van der Waals surface area contributed by atoms with Gasteiger partial charge in [0.1, 0.15) is 22.7 Å². The zero-order valence-electron chi connectivity index (χ0n) is 29.2. The Morgan fingerprint density at radius 2 is 0.981 bits per heavy atom. The van der Waals surface area contributed by atoms with Gasteiger partial charge in [-0.1, -0.05) is 109 Å². The SMILES string of the molecule is CCc1nc2cccc3c2n1-c1ccc(-c2ccc(-c4ccc5ccccc5c4)cc2)cc1O3.CCc1nc2cccc3c2n1-c1ccc(Br)cc1O3. The molecule has 0 aliphatic carbocycles. The van der Waals surface area contributed by atoms with Gasteiger partial charge in [0.25, 0.3) is 0 Å². The van der Waals surface area contributed by atoms with Crippen molar-refractivity contribution < 1.29 is 9.47 Å². The van der Waals surface area contributed by atoms with Gasteiger partial charge in [-0.05, 0) is 93.7 Å². The van der Waals surface area contributed by atoms with Crippen molar-refractivity contribution in [2.45, 2.75) is 26.7 Å². The Balaban J connectivity index is 0.000000155. The Morgan fingerprint density at radius 1 is 0.472 bits per heavy atom. The number of hydrogen-bond donors (Lipinski definition) is 0. The molecule has 4 heterocycles. The molecular weight excluding hydrogens is 720 g/mol. The summed E-state index contributed by atoms with van der Waals surface area (Å²) in [6.07, 6.45) is 1.76. The van der Waals surface area contributed by atoms with Gasteiger partial charge < -0.3 is 9.47 Å². The molecule has 0 radical (unpaired) electrons. The van der Waals surface area contributed by atoms with Crippen LogP contribution in [-0.4, -0.2) is 19.1 Å². The minimum atomic E-state index is 0.862. The van der Waals surface area contributed by atoms with Crippen LogP contribution in [-0.2, 0) is 12.8 Å². The Morgan fingerprint density at radius 3 is 1.58 bits per heavy atom. The molecule has 0 N–H and O–H groups in total. The molecule has 256 valence electrons. The van der Waals surface area contributed by atoms with Gasteiger partial charge in [0.05, 0.1) is 22.4 Å². The number of nitrogens with zero attached hydrogens (tertiary/aromatic N) is 4. The van der Waals surface area contributed by atoms with Gasteiger partial charge in [-0.3, -0.25) is 9.13 Å².